The molecular formula is C23H25N3O4S. The van der Waals surface area contributed by atoms with Gasteiger partial charge >= 0.3 is 0 Å². The van der Waals surface area contributed by atoms with Crippen LogP contribution in [0.25, 0.3) is 0 Å². The van der Waals surface area contributed by atoms with Crippen LogP contribution < -0.4 is 0 Å². The molecule has 0 unspecified atom stereocenters. The van der Waals surface area contributed by atoms with Gasteiger partial charge in [-0.15, -0.1) is 0 Å². The summed E-state index contributed by atoms with van der Waals surface area (Å²) >= 11 is 0. The fourth-order valence-electron chi connectivity index (χ4n) is 3.65. The van der Waals surface area contributed by atoms with Crippen molar-refractivity contribution in [3.05, 3.63) is 64.7 Å². The number of rotatable bonds is 6. The number of nitriles is 1. The predicted molar refractivity (Wildman–Crippen MR) is 116 cm³/mol. The normalized spacial score (nSPS) is 14.8. The molecule has 1 aliphatic rings. The van der Waals surface area contributed by atoms with Crippen molar-refractivity contribution in [2.75, 3.05) is 26.2 Å². The second-order valence-corrected chi connectivity index (χ2v) is 9.54. The molecule has 1 saturated heterocycles. The first-order valence-electron chi connectivity index (χ1n) is 10.1. The van der Waals surface area contributed by atoms with Gasteiger partial charge in [0.1, 0.15) is 6.07 Å². The molecule has 1 fully saturated rings. The van der Waals surface area contributed by atoms with Gasteiger partial charge in [0, 0.05) is 44.6 Å². The van der Waals surface area contributed by atoms with Crippen LogP contribution in [0.2, 0.25) is 0 Å². The molecule has 0 saturated carbocycles. The molecule has 3 rings (SSSR count). The quantitative estimate of drug-likeness (QED) is 0.645. The number of amides is 1. The third kappa shape index (κ3) is 5.01. The SMILES string of the molecule is Cc1ccc(C)c(C(=O)CCC(=O)N2CCN(S(=O)(=O)c3ccccc3C#N)CC2)c1. The van der Waals surface area contributed by atoms with Crippen molar-refractivity contribution >= 4 is 21.7 Å². The Hall–Kier alpha value is -3.02. The van der Waals surface area contributed by atoms with Crippen molar-refractivity contribution in [1.29, 1.82) is 5.26 Å². The van der Waals surface area contributed by atoms with Gasteiger partial charge in [0.05, 0.1) is 10.5 Å². The smallest absolute Gasteiger partial charge is 0.244 e. The summed E-state index contributed by atoms with van der Waals surface area (Å²) in [4.78, 5) is 26.7. The Morgan fingerprint density at radius 3 is 2.35 bits per heavy atom. The highest BCUT2D eigenvalue weighted by Gasteiger charge is 2.31. The zero-order chi connectivity index (χ0) is 22.6. The number of ketones is 1. The van der Waals surface area contributed by atoms with E-state index in [4.69, 9.17) is 0 Å². The van der Waals surface area contributed by atoms with E-state index < -0.39 is 10.0 Å². The lowest BCUT2D eigenvalue weighted by atomic mass is 9.99. The largest absolute Gasteiger partial charge is 0.340 e. The Balaban J connectivity index is 1.58. The third-order valence-electron chi connectivity index (χ3n) is 5.48. The van der Waals surface area contributed by atoms with Crippen LogP contribution in [-0.2, 0) is 14.8 Å². The average molecular weight is 440 g/mol. The van der Waals surface area contributed by atoms with Crippen LogP contribution in [0.4, 0.5) is 0 Å². The Morgan fingerprint density at radius 2 is 1.68 bits per heavy atom. The predicted octanol–water partition coefficient (Wildman–Crippen LogP) is 2.67. The first kappa shape index (κ1) is 22.7. The molecule has 0 atom stereocenters. The van der Waals surface area contributed by atoms with Gasteiger partial charge < -0.3 is 4.90 Å². The molecule has 1 amide bonds. The van der Waals surface area contributed by atoms with E-state index in [-0.39, 0.29) is 61.2 Å². The average Bonchev–Trinajstić information content (AvgIpc) is 2.78. The van der Waals surface area contributed by atoms with E-state index >= 15 is 0 Å². The molecule has 2 aromatic rings. The summed E-state index contributed by atoms with van der Waals surface area (Å²) in [7, 11) is -3.81. The Kier molecular flexibility index (Phi) is 6.88. The van der Waals surface area contributed by atoms with Gasteiger partial charge in [0.15, 0.2) is 5.78 Å². The molecule has 0 bridgehead atoms. The number of piperazine rings is 1. The van der Waals surface area contributed by atoms with Crippen LogP contribution in [0.5, 0.6) is 0 Å². The van der Waals surface area contributed by atoms with Gasteiger partial charge in [-0.05, 0) is 37.6 Å². The van der Waals surface area contributed by atoms with Gasteiger partial charge in [0.25, 0.3) is 0 Å². The van der Waals surface area contributed by atoms with Crippen molar-refractivity contribution in [2.45, 2.75) is 31.6 Å². The van der Waals surface area contributed by atoms with Crippen molar-refractivity contribution in [3.8, 4) is 6.07 Å². The lowest BCUT2D eigenvalue weighted by Crippen LogP contribution is -2.50. The van der Waals surface area contributed by atoms with Crippen molar-refractivity contribution in [2.24, 2.45) is 0 Å². The summed E-state index contributed by atoms with van der Waals surface area (Å²) < 4.78 is 27.1. The van der Waals surface area contributed by atoms with E-state index in [2.05, 4.69) is 0 Å². The molecule has 0 N–H and O–H groups in total. The molecule has 31 heavy (non-hydrogen) atoms. The van der Waals surface area contributed by atoms with E-state index in [9.17, 15) is 23.3 Å². The maximum absolute atomic E-state index is 12.9. The lowest BCUT2D eigenvalue weighted by Gasteiger charge is -2.34. The van der Waals surface area contributed by atoms with Gasteiger partial charge in [0.2, 0.25) is 15.9 Å². The highest BCUT2D eigenvalue weighted by molar-refractivity contribution is 7.89. The Labute approximate surface area is 182 Å². The molecule has 1 heterocycles. The van der Waals surface area contributed by atoms with Gasteiger partial charge in [-0.25, -0.2) is 8.42 Å². The second kappa shape index (κ2) is 9.41. The molecule has 2 aromatic carbocycles. The number of Topliss-reactive ketones (excluding diaryl/α,β-unsaturated/α-hetero) is 1. The zero-order valence-electron chi connectivity index (χ0n) is 17.7. The summed E-state index contributed by atoms with van der Waals surface area (Å²) in [6, 6.07) is 13.7. The summed E-state index contributed by atoms with van der Waals surface area (Å²) in [5.41, 5.74) is 2.63. The number of hydrogen-bond acceptors (Lipinski definition) is 5. The van der Waals surface area contributed by atoms with Crippen molar-refractivity contribution < 1.29 is 18.0 Å². The first-order chi connectivity index (χ1) is 14.7. The minimum atomic E-state index is -3.81. The number of carbonyl (C=O) groups is 2. The fraction of sp³-hybridized carbons (Fsp3) is 0.348. The highest BCUT2D eigenvalue weighted by Crippen LogP contribution is 2.21. The molecule has 1 aliphatic heterocycles. The first-order valence-corrected chi connectivity index (χ1v) is 11.6. The molecule has 0 aromatic heterocycles. The number of carbonyl (C=O) groups excluding carboxylic acids is 2. The summed E-state index contributed by atoms with van der Waals surface area (Å²) in [6.07, 6.45) is 0.216. The topological polar surface area (TPSA) is 98.6 Å². The van der Waals surface area contributed by atoms with Gasteiger partial charge in [-0.1, -0.05) is 29.8 Å². The van der Waals surface area contributed by atoms with Gasteiger partial charge in [-0.3, -0.25) is 9.59 Å². The highest BCUT2D eigenvalue weighted by atomic mass is 32.2. The number of hydrogen-bond donors (Lipinski definition) is 0. The van der Waals surface area contributed by atoms with Crippen LogP contribution in [0.1, 0.15) is 39.9 Å². The molecule has 0 spiro atoms. The molecule has 0 radical (unpaired) electrons. The van der Waals surface area contributed by atoms with E-state index in [1.165, 1.54) is 16.4 Å². The Bertz CT molecular complexity index is 1140. The minimum Gasteiger partial charge on any atom is -0.340 e. The third-order valence-corrected chi connectivity index (χ3v) is 7.43. The van der Waals surface area contributed by atoms with Crippen molar-refractivity contribution in [3.63, 3.8) is 0 Å². The standard InChI is InChI=1S/C23H25N3O4S/c1-17-7-8-18(2)20(15-17)21(27)9-10-23(28)25-11-13-26(14-12-25)31(29,30)22-6-4-3-5-19(22)16-24/h3-8,15H,9-14H2,1-2H3. The van der Waals surface area contributed by atoms with E-state index in [0.29, 0.717) is 5.56 Å². The summed E-state index contributed by atoms with van der Waals surface area (Å²) in [6.45, 7) is 4.61. The van der Waals surface area contributed by atoms with Crippen LogP contribution in [-0.4, -0.2) is 55.5 Å². The maximum Gasteiger partial charge on any atom is 0.244 e. The molecular weight excluding hydrogens is 414 g/mol. The van der Waals surface area contributed by atoms with E-state index in [1.54, 1.807) is 17.0 Å². The van der Waals surface area contributed by atoms with E-state index in [1.807, 2.05) is 38.1 Å². The van der Waals surface area contributed by atoms with Crippen LogP contribution in [0.3, 0.4) is 0 Å². The van der Waals surface area contributed by atoms with Crippen molar-refractivity contribution in [1.82, 2.24) is 9.21 Å². The van der Waals surface area contributed by atoms with Crippen LogP contribution in [0, 0.1) is 25.2 Å². The zero-order valence-corrected chi connectivity index (χ0v) is 18.5. The number of nitrogens with zero attached hydrogens (tertiary/aromatic N) is 3. The maximum atomic E-state index is 12.9. The number of sulfonamides is 1. The van der Waals surface area contributed by atoms with Crippen LogP contribution >= 0.6 is 0 Å². The van der Waals surface area contributed by atoms with Crippen LogP contribution in [0.15, 0.2) is 47.4 Å². The van der Waals surface area contributed by atoms with Gasteiger partial charge in [-0.2, -0.15) is 9.57 Å². The lowest BCUT2D eigenvalue weighted by molar-refractivity contribution is -0.132. The monoisotopic (exact) mass is 439 g/mol. The Morgan fingerprint density at radius 1 is 1.00 bits per heavy atom. The fourth-order valence-corrected chi connectivity index (χ4v) is 5.21. The molecule has 162 valence electrons. The second-order valence-electron chi connectivity index (χ2n) is 7.63. The number of aryl methyl sites for hydroxylation is 2. The van der Waals surface area contributed by atoms with E-state index in [0.717, 1.165) is 11.1 Å². The summed E-state index contributed by atoms with van der Waals surface area (Å²) in [5, 5.41) is 9.20. The molecule has 0 aliphatic carbocycles. The minimum absolute atomic E-state index is 0.0172. The molecule has 8 heteroatoms. The molecule has 7 nitrogen and oxygen atoms in total. The summed E-state index contributed by atoms with van der Waals surface area (Å²) in [5.74, 6) is -0.225. The number of benzene rings is 2.